The highest BCUT2D eigenvalue weighted by molar-refractivity contribution is 7.07. The zero-order valence-electron chi connectivity index (χ0n) is 19.2. The fourth-order valence-corrected chi connectivity index (χ4v) is 5.17. The van der Waals surface area contributed by atoms with Crippen molar-refractivity contribution in [3.8, 4) is 23.0 Å². The molecule has 1 atom stereocenters. The normalized spacial score (nSPS) is 16.7. The molecule has 0 amide bonds. The van der Waals surface area contributed by atoms with Crippen LogP contribution in [0.25, 0.3) is 6.08 Å². The van der Waals surface area contributed by atoms with Gasteiger partial charge < -0.3 is 24.1 Å². The minimum Gasteiger partial charge on any atom is -0.504 e. The van der Waals surface area contributed by atoms with Crippen molar-refractivity contribution in [2.24, 2.45) is 4.99 Å². The number of carbonyl (C=O) groups is 1. The number of ether oxygens (including phenoxy) is 4. The first-order valence-corrected chi connectivity index (χ1v) is 11.7. The zero-order chi connectivity index (χ0) is 24.7. The summed E-state index contributed by atoms with van der Waals surface area (Å²) in [7, 11) is 1.46. The molecule has 0 saturated heterocycles. The molecule has 10 heteroatoms. The minimum absolute atomic E-state index is 0.00335. The number of rotatable bonds is 5. The number of benzene rings is 2. The number of methoxy groups -OCH3 is 1. The first kappa shape index (κ1) is 22.7. The van der Waals surface area contributed by atoms with E-state index in [-0.39, 0.29) is 30.3 Å². The van der Waals surface area contributed by atoms with Crippen molar-refractivity contribution in [3.05, 3.63) is 78.5 Å². The lowest BCUT2D eigenvalue weighted by Crippen LogP contribution is -2.39. The zero-order valence-corrected chi connectivity index (χ0v) is 20.0. The van der Waals surface area contributed by atoms with E-state index in [2.05, 4.69) is 4.99 Å². The second-order valence-corrected chi connectivity index (χ2v) is 8.86. The highest BCUT2D eigenvalue weighted by Gasteiger charge is 2.34. The number of nitrogens with zero attached hydrogens (tertiary/aromatic N) is 2. The quantitative estimate of drug-likeness (QED) is 0.542. The van der Waals surface area contributed by atoms with Crippen molar-refractivity contribution in [2.75, 3.05) is 20.5 Å². The Balaban J connectivity index is 1.71. The average Bonchev–Trinajstić information content (AvgIpc) is 3.43. The van der Waals surface area contributed by atoms with Gasteiger partial charge in [-0.15, -0.1) is 0 Å². The lowest BCUT2D eigenvalue weighted by atomic mass is 9.95. The summed E-state index contributed by atoms with van der Waals surface area (Å²) >= 11 is 1.21. The van der Waals surface area contributed by atoms with Gasteiger partial charge in [0.2, 0.25) is 6.79 Å². The van der Waals surface area contributed by atoms with Crippen molar-refractivity contribution in [3.63, 3.8) is 0 Å². The predicted octanol–water partition coefficient (Wildman–Crippen LogP) is 2.24. The molecule has 1 aromatic heterocycles. The van der Waals surface area contributed by atoms with Crippen LogP contribution < -0.4 is 29.1 Å². The third kappa shape index (κ3) is 3.95. The molecule has 0 bridgehead atoms. The third-order valence-electron chi connectivity index (χ3n) is 5.73. The van der Waals surface area contributed by atoms with Gasteiger partial charge in [0, 0.05) is 0 Å². The summed E-state index contributed by atoms with van der Waals surface area (Å²) in [5, 5.41) is 9.88. The van der Waals surface area contributed by atoms with Crippen LogP contribution in [0.2, 0.25) is 0 Å². The van der Waals surface area contributed by atoms with Gasteiger partial charge >= 0.3 is 5.97 Å². The number of aromatic nitrogens is 1. The van der Waals surface area contributed by atoms with Crippen LogP contribution in [0.5, 0.6) is 23.0 Å². The smallest absolute Gasteiger partial charge is 0.338 e. The van der Waals surface area contributed by atoms with E-state index in [9.17, 15) is 14.7 Å². The molecule has 0 aliphatic carbocycles. The molecule has 35 heavy (non-hydrogen) atoms. The molecule has 3 aromatic rings. The Bertz CT molecular complexity index is 1550. The molecule has 180 valence electrons. The highest BCUT2D eigenvalue weighted by atomic mass is 32.1. The van der Waals surface area contributed by atoms with Crippen LogP contribution in [0, 0.1) is 0 Å². The number of hydrogen-bond donors (Lipinski definition) is 1. The van der Waals surface area contributed by atoms with Gasteiger partial charge in [0.15, 0.2) is 27.8 Å². The molecule has 0 radical (unpaired) electrons. The number of thiazole rings is 1. The summed E-state index contributed by atoms with van der Waals surface area (Å²) in [5.74, 6) is 0.905. The molecule has 0 unspecified atom stereocenters. The van der Waals surface area contributed by atoms with Gasteiger partial charge in [0.05, 0.1) is 35.6 Å². The van der Waals surface area contributed by atoms with Crippen LogP contribution in [-0.2, 0) is 9.53 Å². The van der Waals surface area contributed by atoms with E-state index in [1.165, 1.54) is 29.1 Å². The maximum absolute atomic E-state index is 13.7. The summed E-state index contributed by atoms with van der Waals surface area (Å²) < 4.78 is 23.4. The van der Waals surface area contributed by atoms with Gasteiger partial charge in [0.1, 0.15) is 0 Å². The molecule has 1 N–H and O–H groups in total. The van der Waals surface area contributed by atoms with E-state index in [0.29, 0.717) is 43.4 Å². The fraction of sp³-hybridized carbons (Fsp3) is 0.240. The molecule has 3 heterocycles. The molecule has 2 aliphatic heterocycles. The summed E-state index contributed by atoms with van der Waals surface area (Å²) in [6.45, 7) is 3.76. The topological polar surface area (TPSA) is 109 Å². The summed E-state index contributed by atoms with van der Waals surface area (Å²) in [4.78, 5) is 31.7. The van der Waals surface area contributed by atoms with E-state index >= 15 is 0 Å². The van der Waals surface area contributed by atoms with Crippen LogP contribution in [0.15, 0.2) is 57.5 Å². The number of fused-ring (bicyclic) bond motifs is 2. The summed E-state index contributed by atoms with van der Waals surface area (Å²) in [6, 6.07) is 9.40. The molecular weight excluding hydrogens is 472 g/mol. The number of carbonyl (C=O) groups excluding carboxylic acids is 1. The van der Waals surface area contributed by atoms with E-state index < -0.39 is 12.0 Å². The van der Waals surface area contributed by atoms with Crippen molar-refractivity contribution in [2.45, 2.75) is 19.9 Å². The van der Waals surface area contributed by atoms with Crippen molar-refractivity contribution < 1.29 is 28.8 Å². The largest absolute Gasteiger partial charge is 0.504 e. The maximum atomic E-state index is 13.7. The molecule has 0 spiro atoms. The van der Waals surface area contributed by atoms with E-state index in [1.807, 2.05) is 0 Å². The Hall–Kier alpha value is -4.05. The Morgan fingerprint density at radius 2 is 2.06 bits per heavy atom. The van der Waals surface area contributed by atoms with E-state index in [1.54, 1.807) is 50.3 Å². The Morgan fingerprint density at radius 1 is 1.26 bits per heavy atom. The summed E-state index contributed by atoms with van der Waals surface area (Å²) in [6.07, 6.45) is 1.70. The fourth-order valence-electron chi connectivity index (χ4n) is 4.13. The Kier molecular flexibility index (Phi) is 5.81. The van der Waals surface area contributed by atoms with Crippen LogP contribution in [0.1, 0.15) is 31.0 Å². The maximum Gasteiger partial charge on any atom is 0.338 e. The lowest BCUT2D eigenvalue weighted by Gasteiger charge is -2.24. The molecule has 0 saturated carbocycles. The lowest BCUT2D eigenvalue weighted by molar-refractivity contribution is -0.139. The average molecular weight is 495 g/mol. The summed E-state index contributed by atoms with van der Waals surface area (Å²) in [5.41, 5.74) is 1.80. The number of hydrogen-bond acceptors (Lipinski definition) is 9. The molecule has 5 rings (SSSR count). The molecule has 2 aromatic carbocycles. The first-order valence-electron chi connectivity index (χ1n) is 10.9. The SMILES string of the molecule is CCOC(=O)C1=C(C)N=c2s/c(=C\c3ccc(O)c(OC)c3)c(=O)n2[C@H]1c1ccc2c(c1)OCO2. The molecule has 9 nitrogen and oxygen atoms in total. The van der Waals surface area contributed by atoms with Crippen molar-refractivity contribution >= 4 is 23.4 Å². The second kappa shape index (κ2) is 8.95. The van der Waals surface area contributed by atoms with Crippen LogP contribution in [0.3, 0.4) is 0 Å². The number of allylic oxidation sites excluding steroid dienone is 1. The Labute approximate surface area is 203 Å². The minimum atomic E-state index is -0.753. The number of phenolic OH excluding ortho intramolecular Hbond substituents is 1. The highest BCUT2D eigenvalue weighted by Crippen LogP contribution is 2.38. The molecular formula is C25H22N2O7S. The monoisotopic (exact) mass is 494 g/mol. The molecule has 0 fully saturated rings. The van der Waals surface area contributed by atoms with Gasteiger partial charge in [-0.25, -0.2) is 9.79 Å². The first-order chi connectivity index (χ1) is 16.9. The number of aromatic hydroxyl groups is 1. The van der Waals surface area contributed by atoms with Crippen LogP contribution >= 0.6 is 11.3 Å². The van der Waals surface area contributed by atoms with Gasteiger partial charge in [0.25, 0.3) is 5.56 Å². The third-order valence-corrected chi connectivity index (χ3v) is 6.71. The standard InChI is InChI=1S/C25H22N2O7S/c1-4-32-24(30)21-13(2)26-25-27(22(21)15-6-8-17-19(11-15)34-12-33-17)23(29)20(35-25)10-14-5-7-16(28)18(9-14)31-3/h5-11,22,28H,4,12H2,1-3H3/b20-10-/t22-/m0/s1. The second-order valence-electron chi connectivity index (χ2n) is 7.85. The van der Waals surface area contributed by atoms with Gasteiger partial charge in [-0.3, -0.25) is 9.36 Å². The van der Waals surface area contributed by atoms with Crippen molar-refractivity contribution in [1.29, 1.82) is 0 Å². The number of esters is 1. The van der Waals surface area contributed by atoms with Crippen LogP contribution in [-0.4, -0.2) is 36.2 Å². The predicted molar refractivity (Wildman–Crippen MR) is 128 cm³/mol. The number of phenols is 1. The van der Waals surface area contributed by atoms with E-state index in [4.69, 9.17) is 18.9 Å². The van der Waals surface area contributed by atoms with E-state index in [0.717, 1.165) is 0 Å². The van der Waals surface area contributed by atoms with Crippen molar-refractivity contribution in [1.82, 2.24) is 4.57 Å². The van der Waals surface area contributed by atoms with Gasteiger partial charge in [-0.1, -0.05) is 23.5 Å². The van der Waals surface area contributed by atoms with Gasteiger partial charge in [-0.2, -0.15) is 0 Å². The van der Waals surface area contributed by atoms with Gasteiger partial charge in [-0.05, 0) is 55.3 Å². The molecule has 2 aliphatic rings. The van der Waals surface area contributed by atoms with Crippen LogP contribution in [0.4, 0.5) is 0 Å². The Morgan fingerprint density at radius 3 is 2.83 bits per heavy atom.